The largest absolute Gasteiger partial charge is 0.372 e. The fraction of sp³-hybridized carbons (Fsp3) is 0.917. The third-order valence-corrected chi connectivity index (χ3v) is 3.44. The second kappa shape index (κ2) is 6.21. The Morgan fingerprint density at radius 2 is 1.94 bits per heavy atom. The van der Waals surface area contributed by atoms with Crippen molar-refractivity contribution in [2.24, 2.45) is 5.73 Å². The van der Waals surface area contributed by atoms with Gasteiger partial charge in [0.05, 0.1) is 0 Å². The molecule has 4 nitrogen and oxygen atoms in total. The molecule has 0 aliphatic heterocycles. The topological polar surface area (TPSA) is 64.3 Å². The van der Waals surface area contributed by atoms with E-state index in [0.29, 0.717) is 6.54 Å². The van der Waals surface area contributed by atoms with Crippen molar-refractivity contribution in [3.63, 3.8) is 0 Å². The summed E-state index contributed by atoms with van der Waals surface area (Å²) in [6, 6.07) is 0. The van der Waals surface area contributed by atoms with Crippen molar-refractivity contribution >= 4 is 5.91 Å². The minimum Gasteiger partial charge on any atom is -0.372 e. The number of rotatable bonds is 4. The molecule has 0 aromatic heterocycles. The van der Waals surface area contributed by atoms with Crippen LogP contribution in [-0.4, -0.2) is 31.2 Å². The number of carbonyl (C=O) groups excluding carboxylic acids is 1. The van der Waals surface area contributed by atoms with Crippen molar-refractivity contribution in [3.8, 4) is 0 Å². The van der Waals surface area contributed by atoms with Gasteiger partial charge in [0.2, 0.25) is 5.91 Å². The van der Waals surface area contributed by atoms with Crippen molar-refractivity contribution in [1.29, 1.82) is 0 Å². The molecule has 3 N–H and O–H groups in total. The van der Waals surface area contributed by atoms with E-state index in [1.165, 1.54) is 32.8 Å². The molecule has 0 aromatic carbocycles. The quantitative estimate of drug-likeness (QED) is 0.710. The summed E-state index contributed by atoms with van der Waals surface area (Å²) in [6.45, 7) is 2.31. The van der Waals surface area contributed by atoms with E-state index in [1.54, 1.807) is 6.92 Å². The van der Waals surface area contributed by atoms with Gasteiger partial charge in [0, 0.05) is 19.2 Å². The Balaban J connectivity index is 2.37. The van der Waals surface area contributed by atoms with Crippen LogP contribution in [0.4, 0.5) is 0 Å². The standard InChI is InChI=1S/C12H24N2O2/c1-10(16-2)11(15)14-9-12(13)7-5-3-4-6-8-12/h10H,3-9,13H2,1-2H3,(H,14,15). The van der Waals surface area contributed by atoms with E-state index in [2.05, 4.69) is 5.32 Å². The van der Waals surface area contributed by atoms with Crippen LogP contribution in [0.3, 0.4) is 0 Å². The summed E-state index contributed by atoms with van der Waals surface area (Å²) in [4.78, 5) is 11.6. The highest BCUT2D eigenvalue weighted by Gasteiger charge is 2.27. The fourth-order valence-corrected chi connectivity index (χ4v) is 2.12. The number of nitrogens with two attached hydrogens (primary N) is 1. The Labute approximate surface area is 97.9 Å². The molecule has 0 aromatic rings. The van der Waals surface area contributed by atoms with Crippen LogP contribution in [-0.2, 0) is 9.53 Å². The smallest absolute Gasteiger partial charge is 0.248 e. The lowest BCUT2D eigenvalue weighted by Crippen LogP contribution is -2.51. The average molecular weight is 228 g/mol. The van der Waals surface area contributed by atoms with Gasteiger partial charge in [-0.25, -0.2) is 0 Å². The van der Waals surface area contributed by atoms with E-state index in [9.17, 15) is 4.79 Å². The molecule has 1 amide bonds. The first-order valence-electron chi connectivity index (χ1n) is 6.17. The van der Waals surface area contributed by atoms with Gasteiger partial charge in [0.15, 0.2) is 0 Å². The Morgan fingerprint density at radius 1 is 1.38 bits per heavy atom. The molecule has 0 bridgehead atoms. The molecule has 1 saturated carbocycles. The maximum atomic E-state index is 11.6. The monoisotopic (exact) mass is 228 g/mol. The third kappa shape index (κ3) is 4.10. The number of amides is 1. The van der Waals surface area contributed by atoms with Crippen LogP contribution < -0.4 is 11.1 Å². The van der Waals surface area contributed by atoms with Crippen LogP contribution in [0.1, 0.15) is 45.4 Å². The maximum absolute atomic E-state index is 11.6. The summed E-state index contributed by atoms with van der Waals surface area (Å²) in [5.41, 5.74) is 6.08. The number of nitrogens with one attached hydrogen (secondary N) is 1. The van der Waals surface area contributed by atoms with Gasteiger partial charge < -0.3 is 15.8 Å². The van der Waals surface area contributed by atoms with Gasteiger partial charge in [-0.15, -0.1) is 0 Å². The molecular formula is C12H24N2O2. The van der Waals surface area contributed by atoms with E-state index < -0.39 is 6.10 Å². The number of hydrogen-bond acceptors (Lipinski definition) is 3. The predicted octanol–water partition coefficient (Wildman–Crippen LogP) is 1.19. The Hall–Kier alpha value is -0.610. The zero-order valence-electron chi connectivity index (χ0n) is 10.4. The molecule has 4 heteroatoms. The van der Waals surface area contributed by atoms with E-state index >= 15 is 0 Å². The lowest BCUT2D eigenvalue weighted by Gasteiger charge is -2.28. The number of carbonyl (C=O) groups is 1. The molecule has 1 fully saturated rings. The average Bonchev–Trinajstić information content (AvgIpc) is 2.50. The van der Waals surface area contributed by atoms with Crippen LogP contribution in [0.2, 0.25) is 0 Å². The first kappa shape index (κ1) is 13.5. The predicted molar refractivity (Wildman–Crippen MR) is 64.1 cm³/mol. The van der Waals surface area contributed by atoms with Gasteiger partial charge in [-0.05, 0) is 19.8 Å². The van der Waals surface area contributed by atoms with Crippen molar-refractivity contribution in [1.82, 2.24) is 5.32 Å². The summed E-state index contributed by atoms with van der Waals surface area (Å²) >= 11 is 0. The van der Waals surface area contributed by atoms with Gasteiger partial charge >= 0.3 is 0 Å². The van der Waals surface area contributed by atoms with Gasteiger partial charge in [-0.2, -0.15) is 0 Å². The van der Waals surface area contributed by atoms with Crippen LogP contribution in [0.5, 0.6) is 0 Å². The molecule has 0 spiro atoms. The molecule has 1 atom stereocenters. The molecule has 0 saturated heterocycles. The highest BCUT2D eigenvalue weighted by Crippen LogP contribution is 2.24. The summed E-state index contributed by atoms with van der Waals surface area (Å²) < 4.78 is 4.96. The highest BCUT2D eigenvalue weighted by atomic mass is 16.5. The minimum atomic E-state index is -0.394. The van der Waals surface area contributed by atoms with E-state index in [1.807, 2.05) is 0 Å². The van der Waals surface area contributed by atoms with E-state index in [-0.39, 0.29) is 11.4 Å². The lowest BCUT2D eigenvalue weighted by molar-refractivity contribution is -0.130. The van der Waals surface area contributed by atoms with Crippen molar-refractivity contribution in [3.05, 3.63) is 0 Å². The SMILES string of the molecule is COC(C)C(=O)NCC1(N)CCCCCC1. The third-order valence-electron chi connectivity index (χ3n) is 3.44. The minimum absolute atomic E-state index is 0.0726. The molecule has 1 aliphatic carbocycles. The molecule has 1 unspecified atom stereocenters. The maximum Gasteiger partial charge on any atom is 0.248 e. The Kier molecular flexibility index (Phi) is 5.22. The molecule has 0 heterocycles. The Morgan fingerprint density at radius 3 is 2.44 bits per heavy atom. The molecule has 1 aliphatic rings. The number of hydrogen-bond donors (Lipinski definition) is 2. The zero-order valence-corrected chi connectivity index (χ0v) is 10.4. The van der Waals surface area contributed by atoms with Crippen LogP contribution in [0, 0.1) is 0 Å². The summed E-state index contributed by atoms with van der Waals surface area (Å²) in [6.07, 6.45) is 6.50. The summed E-state index contributed by atoms with van der Waals surface area (Å²) in [7, 11) is 1.54. The zero-order chi connectivity index (χ0) is 12.0. The molecule has 16 heavy (non-hydrogen) atoms. The van der Waals surface area contributed by atoms with Crippen molar-refractivity contribution in [2.75, 3.05) is 13.7 Å². The Bertz CT molecular complexity index is 223. The molecule has 94 valence electrons. The van der Waals surface area contributed by atoms with E-state index in [4.69, 9.17) is 10.5 Å². The first-order chi connectivity index (χ1) is 7.57. The molecule has 1 rings (SSSR count). The van der Waals surface area contributed by atoms with Crippen LogP contribution >= 0.6 is 0 Å². The first-order valence-corrected chi connectivity index (χ1v) is 6.17. The highest BCUT2D eigenvalue weighted by molar-refractivity contribution is 5.80. The molecular weight excluding hydrogens is 204 g/mol. The van der Waals surface area contributed by atoms with Crippen LogP contribution in [0.25, 0.3) is 0 Å². The van der Waals surface area contributed by atoms with E-state index in [0.717, 1.165) is 12.8 Å². The summed E-state index contributed by atoms with van der Waals surface area (Å²) in [5, 5.41) is 2.88. The van der Waals surface area contributed by atoms with Gasteiger partial charge in [0.25, 0.3) is 0 Å². The van der Waals surface area contributed by atoms with Crippen molar-refractivity contribution < 1.29 is 9.53 Å². The fourth-order valence-electron chi connectivity index (χ4n) is 2.12. The van der Waals surface area contributed by atoms with Crippen molar-refractivity contribution in [2.45, 2.75) is 57.1 Å². The number of methoxy groups -OCH3 is 1. The van der Waals surface area contributed by atoms with Gasteiger partial charge in [-0.3, -0.25) is 4.79 Å². The lowest BCUT2D eigenvalue weighted by atomic mass is 9.91. The van der Waals surface area contributed by atoms with Crippen LogP contribution in [0.15, 0.2) is 0 Å². The van der Waals surface area contributed by atoms with Gasteiger partial charge in [-0.1, -0.05) is 25.7 Å². The molecule has 0 radical (unpaired) electrons. The normalized spacial score (nSPS) is 22.2. The second-order valence-electron chi connectivity index (χ2n) is 4.87. The number of ether oxygens (including phenoxy) is 1. The summed E-state index contributed by atoms with van der Waals surface area (Å²) in [5.74, 6) is -0.0726. The van der Waals surface area contributed by atoms with Gasteiger partial charge in [0.1, 0.15) is 6.10 Å². The second-order valence-corrected chi connectivity index (χ2v) is 4.87.